The molecule has 0 N–H and O–H groups in total. The largest absolute Gasteiger partial charge is 0.468 e. The summed E-state index contributed by atoms with van der Waals surface area (Å²) in [5.74, 6) is 1.38. The minimum absolute atomic E-state index is 0.0149. The van der Waals surface area contributed by atoms with Gasteiger partial charge in [-0.15, -0.1) is 0 Å². The van der Waals surface area contributed by atoms with Crippen LogP contribution in [-0.4, -0.2) is 52.9 Å². The van der Waals surface area contributed by atoms with Gasteiger partial charge in [-0.25, -0.2) is 5.06 Å². The Hall–Kier alpha value is -1.83. The van der Waals surface area contributed by atoms with Crippen LogP contribution in [0, 0.1) is 5.92 Å². The SMILES string of the molecule is CCc1cc(OCOC)cc(C2CCC[C@@H]2C(=O)N(C)OC)c1OCOC. The van der Waals surface area contributed by atoms with Crippen molar-refractivity contribution in [2.24, 2.45) is 5.92 Å². The van der Waals surface area contributed by atoms with E-state index in [2.05, 4.69) is 6.92 Å². The molecule has 2 atom stereocenters. The van der Waals surface area contributed by atoms with Crippen molar-refractivity contribution in [1.82, 2.24) is 5.06 Å². The monoisotopic (exact) mass is 381 g/mol. The van der Waals surface area contributed by atoms with E-state index in [0.717, 1.165) is 42.6 Å². The van der Waals surface area contributed by atoms with Crippen molar-refractivity contribution in [3.8, 4) is 11.5 Å². The molecule has 0 radical (unpaired) electrons. The Morgan fingerprint density at radius 2 is 1.81 bits per heavy atom. The zero-order valence-electron chi connectivity index (χ0n) is 16.9. The predicted octanol–water partition coefficient (Wildman–Crippen LogP) is 3.12. The zero-order chi connectivity index (χ0) is 19.8. The summed E-state index contributed by atoms with van der Waals surface area (Å²) in [6.45, 7) is 2.39. The number of aryl methyl sites for hydroxylation is 1. The van der Waals surface area contributed by atoms with E-state index in [4.69, 9.17) is 23.8 Å². The van der Waals surface area contributed by atoms with E-state index in [9.17, 15) is 4.79 Å². The molecule has 1 unspecified atom stereocenters. The van der Waals surface area contributed by atoms with Gasteiger partial charge >= 0.3 is 0 Å². The lowest BCUT2D eigenvalue weighted by Gasteiger charge is -2.26. The number of rotatable bonds is 10. The molecule has 1 aliphatic carbocycles. The second kappa shape index (κ2) is 10.5. The Kier molecular flexibility index (Phi) is 8.34. The topological polar surface area (TPSA) is 66.5 Å². The molecule has 1 amide bonds. The fraction of sp³-hybridized carbons (Fsp3) is 0.650. The van der Waals surface area contributed by atoms with E-state index in [1.54, 1.807) is 21.3 Å². The number of amides is 1. The summed E-state index contributed by atoms with van der Waals surface area (Å²) in [5.41, 5.74) is 2.01. The third kappa shape index (κ3) is 5.12. The normalized spacial score (nSPS) is 19.1. The highest BCUT2D eigenvalue weighted by Gasteiger charge is 2.38. The second-order valence-corrected chi connectivity index (χ2v) is 6.62. The summed E-state index contributed by atoms with van der Waals surface area (Å²) in [7, 11) is 6.33. The summed E-state index contributed by atoms with van der Waals surface area (Å²) in [5, 5.41) is 1.31. The first-order valence-corrected chi connectivity index (χ1v) is 9.29. The quantitative estimate of drug-likeness (QED) is 0.458. The number of carbonyl (C=O) groups excluding carboxylic acids is 1. The van der Waals surface area contributed by atoms with Crippen molar-refractivity contribution >= 4 is 5.91 Å². The molecule has 1 fully saturated rings. The minimum Gasteiger partial charge on any atom is -0.468 e. The first-order chi connectivity index (χ1) is 13.1. The molecule has 2 rings (SSSR count). The van der Waals surface area contributed by atoms with Crippen molar-refractivity contribution < 1.29 is 28.6 Å². The third-order valence-corrected chi connectivity index (χ3v) is 5.03. The maximum Gasteiger partial charge on any atom is 0.249 e. The lowest BCUT2D eigenvalue weighted by Crippen LogP contribution is -2.33. The molecule has 27 heavy (non-hydrogen) atoms. The lowest BCUT2D eigenvalue weighted by molar-refractivity contribution is -0.173. The van der Waals surface area contributed by atoms with E-state index in [1.165, 1.54) is 12.2 Å². The van der Waals surface area contributed by atoms with Gasteiger partial charge in [0.2, 0.25) is 5.91 Å². The molecule has 0 aliphatic heterocycles. The number of nitrogens with zero attached hydrogens (tertiary/aromatic N) is 1. The first-order valence-electron chi connectivity index (χ1n) is 9.29. The van der Waals surface area contributed by atoms with E-state index in [0.29, 0.717) is 5.75 Å². The predicted molar refractivity (Wildman–Crippen MR) is 101 cm³/mol. The van der Waals surface area contributed by atoms with Crippen molar-refractivity contribution in [1.29, 1.82) is 0 Å². The van der Waals surface area contributed by atoms with Crippen LogP contribution in [0.1, 0.15) is 43.2 Å². The number of ether oxygens (including phenoxy) is 4. The summed E-state index contributed by atoms with van der Waals surface area (Å²) < 4.78 is 21.8. The first kappa shape index (κ1) is 21.5. The van der Waals surface area contributed by atoms with E-state index in [1.807, 2.05) is 12.1 Å². The van der Waals surface area contributed by atoms with Crippen LogP contribution in [0.2, 0.25) is 0 Å². The Balaban J connectivity index is 2.45. The minimum atomic E-state index is -0.151. The van der Waals surface area contributed by atoms with E-state index in [-0.39, 0.29) is 31.3 Å². The van der Waals surface area contributed by atoms with Crippen LogP contribution in [0.25, 0.3) is 0 Å². The molecule has 0 spiro atoms. The fourth-order valence-corrected chi connectivity index (χ4v) is 3.68. The summed E-state index contributed by atoms with van der Waals surface area (Å²) in [4.78, 5) is 17.9. The smallest absolute Gasteiger partial charge is 0.249 e. The number of hydrogen-bond donors (Lipinski definition) is 0. The van der Waals surface area contributed by atoms with Crippen LogP contribution < -0.4 is 9.47 Å². The highest BCUT2D eigenvalue weighted by atomic mass is 16.7. The second-order valence-electron chi connectivity index (χ2n) is 6.62. The van der Waals surface area contributed by atoms with Gasteiger partial charge in [-0.1, -0.05) is 13.3 Å². The van der Waals surface area contributed by atoms with Gasteiger partial charge in [0.25, 0.3) is 0 Å². The van der Waals surface area contributed by atoms with Gasteiger partial charge in [-0.3, -0.25) is 9.63 Å². The van der Waals surface area contributed by atoms with Gasteiger partial charge in [0.15, 0.2) is 13.6 Å². The van der Waals surface area contributed by atoms with Crippen molar-refractivity contribution in [2.75, 3.05) is 42.0 Å². The summed E-state index contributed by atoms with van der Waals surface area (Å²) in [6.07, 6.45) is 3.49. The van der Waals surface area contributed by atoms with Crippen LogP contribution in [0.3, 0.4) is 0 Å². The zero-order valence-corrected chi connectivity index (χ0v) is 16.9. The number of methoxy groups -OCH3 is 2. The molecule has 1 aromatic rings. The molecule has 1 aliphatic rings. The molecule has 0 bridgehead atoms. The van der Waals surface area contributed by atoms with Crippen LogP contribution in [0.15, 0.2) is 12.1 Å². The Morgan fingerprint density at radius 1 is 1.11 bits per heavy atom. The van der Waals surface area contributed by atoms with Gasteiger partial charge in [-0.05, 0) is 42.9 Å². The van der Waals surface area contributed by atoms with Gasteiger partial charge in [0.05, 0.1) is 7.11 Å². The number of carbonyl (C=O) groups is 1. The maximum absolute atomic E-state index is 12.8. The Bertz CT molecular complexity index is 621. The molecule has 0 saturated heterocycles. The van der Waals surface area contributed by atoms with Crippen molar-refractivity contribution in [2.45, 2.75) is 38.5 Å². The maximum atomic E-state index is 12.8. The average molecular weight is 381 g/mol. The molecule has 1 saturated carbocycles. The van der Waals surface area contributed by atoms with E-state index < -0.39 is 0 Å². The van der Waals surface area contributed by atoms with Crippen LogP contribution in [0.4, 0.5) is 0 Å². The standard InChI is InChI=1S/C20H31NO6/c1-6-14-10-15(26-12-23-3)11-18(19(14)27-13-24-4)16-8-7-9-17(16)20(22)21(2)25-5/h10-11,16-17H,6-9,12-13H2,1-5H3/t16?,17-/m0/s1. The van der Waals surface area contributed by atoms with Crippen LogP contribution in [0.5, 0.6) is 11.5 Å². The van der Waals surface area contributed by atoms with Crippen LogP contribution in [-0.2, 0) is 25.5 Å². The number of benzene rings is 1. The molecule has 0 heterocycles. The van der Waals surface area contributed by atoms with Crippen LogP contribution >= 0.6 is 0 Å². The molecular weight excluding hydrogens is 350 g/mol. The van der Waals surface area contributed by atoms with Gasteiger partial charge < -0.3 is 18.9 Å². The molecule has 152 valence electrons. The van der Waals surface area contributed by atoms with Crippen molar-refractivity contribution in [3.63, 3.8) is 0 Å². The average Bonchev–Trinajstić information content (AvgIpc) is 3.18. The summed E-state index contributed by atoms with van der Waals surface area (Å²) >= 11 is 0. The van der Waals surface area contributed by atoms with Gasteiger partial charge in [-0.2, -0.15) is 0 Å². The fourth-order valence-electron chi connectivity index (χ4n) is 3.68. The molecule has 0 aromatic heterocycles. The highest BCUT2D eigenvalue weighted by Crippen LogP contribution is 2.46. The Morgan fingerprint density at radius 3 is 2.44 bits per heavy atom. The highest BCUT2D eigenvalue weighted by molar-refractivity contribution is 5.79. The summed E-state index contributed by atoms with van der Waals surface area (Å²) in [6, 6.07) is 3.92. The molecule has 7 heteroatoms. The Labute approximate surface area is 161 Å². The lowest BCUT2D eigenvalue weighted by atomic mass is 9.86. The number of hydrogen-bond acceptors (Lipinski definition) is 6. The number of hydroxylamine groups is 2. The third-order valence-electron chi connectivity index (χ3n) is 5.03. The molecule has 1 aromatic carbocycles. The van der Waals surface area contributed by atoms with Crippen molar-refractivity contribution in [3.05, 3.63) is 23.3 Å². The molecule has 7 nitrogen and oxygen atoms in total. The van der Waals surface area contributed by atoms with Gasteiger partial charge in [0, 0.05) is 32.7 Å². The molecular formula is C20H31NO6. The van der Waals surface area contributed by atoms with Gasteiger partial charge in [0.1, 0.15) is 11.5 Å². The van der Waals surface area contributed by atoms with E-state index >= 15 is 0 Å².